The number of alkyl halides is 2. The Morgan fingerprint density at radius 3 is 2.69 bits per heavy atom. The summed E-state index contributed by atoms with van der Waals surface area (Å²) in [5.41, 5.74) is 5.86. The van der Waals surface area contributed by atoms with Crippen LogP contribution in [0.4, 0.5) is 14.5 Å². The molecule has 1 heterocycles. The number of nitrogens with zero attached hydrogens (tertiary/aromatic N) is 1. The van der Waals surface area contributed by atoms with E-state index in [9.17, 15) is 8.78 Å². The van der Waals surface area contributed by atoms with Gasteiger partial charge in [0.25, 0.3) is 6.43 Å². The number of aromatic nitrogens is 1. The Bertz CT molecular complexity index is 315. The van der Waals surface area contributed by atoms with Crippen LogP contribution in [0.3, 0.4) is 0 Å². The molecule has 0 fully saturated rings. The maximum atomic E-state index is 12.3. The van der Waals surface area contributed by atoms with Gasteiger partial charge in [0.1, 0.15) is 5.69 Å². The number of anilines is 1. The minimum atomic E-state index is -2.70. The molecule has 0 saturated heterocycles. The third kappa shape index (κ3) is 1.75. The lowest BCUT2D eigenvalue weighted by Gasteiger charge is -2.10. The van der Waals surface area contributed by atoms with Crippen LogP contribution in [0, 0.1) is 6.92 Å². The second kappa shape index (κ2) is 3.66. The zero-order valence-corrected chi connectivity index (χ0v) is 7.09. The molecule has 0 aliphatic rings. The number of hydrogen-bond donors (Lipinski definition) is 2. The van der Waals surface area contributed by atoms with Crippen molar-refractivity contribution < 1.29 is 13.9 Å². The van der Waals surface area contributed by atoms with E-state index in [1.165, 1.54) is 6.20 Å². The van der Waals surface area contributed by atoms with Gasteiger partial charge in [0, 0.05) is 17.4 Å². The maximum absolute atomic E-state index is 12.3. The number of nitrogens with two attached hydrogens (primary N) is 1. The predicted octanol–water partition coefficient (Wildman–Crippen LogP) is 1.40. The lowest BCUT2D eigenvalue weighted by atomic mass is 10.1. The molecule has 0 bridgehead atoms. The van der Waals surface area contributed by atoms with Crippen LogP contribution in [0.15, 0.2) is 6.20 Å². The van der Waals surface area contributed by atoms with E-state index in [-0.39, 0.29) is 11.3 Å². The molecule has 1 aromatic heterocycles. The molecule has 1 aromatic rings. The second-order valence-corrected chi connectivity index (χ2v) is 2.68. The average molecular weight is 188 g/mol. The van der Waals surface area contributed by atoms with Gasteiger partial charge in [0.2, 0.25) is 0 Å². The second-order valence-electron chi connectivity index (χ2n) is 2.68. The third-order valence-electron chi connectivity index (χ3n) is 1.82. The zero-order chi connectivity index (χ0) is 10.0. The summed E-state index contributed by atoms with van der Waals surface area (Å²) in [6.07, 6.45) is -1.43. The van der Waals surface area contributed by atoms with Crippen molar-refractivity contribution in [2.75, 3.05) is 5.73 Å². The number of halogens is 2. The molecule has 1 rings (SSSR count). The van der Waals surface area contributed by atoms with Crippen molar-refractivity contribution in [1.82, 2.24) is 4.98 Å². The summed E-state index contributed by atoms with van der Waals surface area (Å²) < 4.78 is 24.6. The summed E-state index contributed by atoms with van der Waals surface area (Å²) in [4.78, 5) is 3.52. The van der Waals surface area contributed by atoms with E-state index in [1.54, 1.807) is 6.92 Å². The molecular formula is C8H10F2N2O. The van der Waals surface area contributed by atoms with Gasteiger partial charge in [0.05, 0.1) is 6.61 Å². The molecule has 5 heteroatoms. The fraction of sp³-hybridized carbons (Fsp3) is 0.375. The molecule has 3 N–H and O–H groups in total. The van der Waals surface area contributed by atoms with Crippen LogP contribution in [-0.2, 0) is 6.61 Å². The number of nitrogen functional groups attached to an aromatic ring is 1. The monoisotopic (exact) mass is 188 g/mol. The normalized spacial score (nSPS) is 10.8. The number of hydrogen-bond acceptors (Lipinski definition) is 3. The highest BCUT2D eigenvalue weighted by Crippen LogP contribution is 2.26. The highest BCUT2D eigenvalue weighted by atomic mass is 19.3. The first-order chi connectivity index (χ1) is 6.07. The molecule has 0 amide bonds. The summed E-state index contributed by atoms with van der Waals surface area (Å²) in [6, 6.07) is 0. The summed E-state index contributed by atoms with van der Waals surface area (Å²) in [5.74, 6) is 0. The van der Waals surface area contributed by atoms with Gasteiger partial charge in [0.15, 0.2) is 0 Å². The number of aliphatic hydroxyl groups excluding tert-OH is 1. The van der Waals surface area contributed by atoms with Crippen LogP contribution in [0.5, 0.6) is 0 Å². The largest absolute Gasteiger partial charge is 0.398 e. The van der Waals surface area contributed by atoms with Crippen LogP contribution in [0.25, 0.3) is 0 Å². The lowest BCUT2D eigenvalue weighted by molar-refractivity contribution is 0.141. The Kier molecular flexibility index (Phi) is 2.77. The summed E-state index contributed by atoms with van der Waals surface area (Å²) >= 11 is 0. The van der Waals surface area contributed by atoms with E-state index in [1.807, 2.05) is 0 Å². The van der Waals surface area contributed by atoms with Crippen LogP contribution in [-0.4, -0.2) is 10.1 Å². The van der Waals surface area contributed by atoms with Gasteiger partial charge in [-0.05, 0) is 12.5 Å². The van der Waals surface area contributed by atoms with Crippen LogP contribution >= 0.6 is 0 Å². The van der Waals surface area contributed by atoms with Crippen molar-refractivity contribution in [3.8, 4) is 0 Å². The van der Waals surface area contributed by atoms with Crippen molar-refractivity contribution in [3.63, 3.8) is 0 Å². The van der Waals surface area contributed by atoms with Gasteiger partial charge < -0.3 is 10.8 Å². The Balaban J connectivity index is 3.30. The predicted molar refractivity (Wildman–Crippen MR) is 44.3 cm³/mol. The fourth-order valence-electron chi connectivity index (χ4n) is 1.04. The Hall–Kier alpha value is -1.23. The lowest BCUT2D eigenvalue weighted by Crippen LogP contribution is -2.05. The Morgan fingerprint density at radius 2 is 2.23 bits per heavy atom. The minimum absolute atomic E-state index is 0.0231. The average Bonchev–Trinajstić information content (AvgIpc) is 2.09. The van der Waals surface area contributed by atoms with E-state index in [0.29, 0.717) is 5.56 Å². The van der Waals surface area contributed by atoms with Gasteiger partial charge in [-0.25, -0.2) is 8.78 Å². The minimum Gasteiger partial charge on any atom is -0.398 e. The summed E-state index contributed by atoms with van der Waals surface area (Å²) in [7, 11) is 0. The van der Waals surface area contributed by atoms with Crippen molar-refractivity contribution in [2.24, 2.45) is 0 Å². The highest BCUT2D eigenvalue weighted by molar-refractivity contribution is 5.53. The molecule has 0 unspecified atom stereocenters. The highest BCUT2D eigenvalue weighted by Gasteiger charge is 2.17. The van der Waals surface area contributed by atoms with E-state index in [2.05, 4.69) is 4.98 Å². The molecule has 3 nitrogen and oxygen atoms in total. The van der Waals surface area contributed by atoms with E-state index in [0.717, 1.165) is 0 Å². The summed E-state index contributed by atoms with van der Waals surface area (Å²) in [5, 5.41) is 8.82. The molecule has 0 aromatic carbocycles. The van der Waals surface area contributed by atoms with Crippen molar-refractivity contribution in [1.29, 1.82) is 0 Å². The fourth-order valence-corrected chi connectivity index (χ4v) is 1.04. The number of aryl methyl sites for hydroxylation is 1. The molecule has 72 valence electrons. The van der Waals surface area contributed by atoms with Crippen LogP contribution in [0.2, 0.25) is 0 Å². The van der Waals surface area contributed by atoms with Gasteiger partial charge in [-0.2, -0.15) is 0 Å². The van der Waals surface area contributed by atoms with Crippen molar-refractivity contribution in [2.45, 2.75) is 20.0 Å². The van der Waals surface area contributed by atoms with Gasteiger partial charge in [-0.15, -0.1) is 0 Å². The topological polar surface area (TPSA) is 59.1 Å². The molecule has 0 atom stereocenters. The molecule has 0 aliphatic carbocycles. The number of rotatable bonds is 2. The van der Waals surface area contributed by atoms with Gasteiger partial charge in [-0.3, -0.25) is 4.98 Å². The first-order valence-electron chi connectivity index (χ1n) is 3.70. The first kappa shape index (κ1) is 9.85. The number of aliphatic hydroxyl groups is 1. The van der Waals surface area contributed by atoms with Crippen molar-refractivity contribution in [3.05, 3.63) is 23.0 Å². The van der Waals surface area contributed by atoms with E-state index >= 15 is 0 Å². The summed E-state index contributed by atoms with van der Waals surface area (Å²) in [6.45, 7) is 1.14. The van der Waals surface area contributed by atoms with E-state index in [4.69, 9.17) is 10.8 Å². The standard InChI is InChI=1S/C8H10F2N2O/c1-4-2-12-7(8(9)10)5(3-13)6(4)11/h2,8,13H,3H2,1H3,(H2,11,12). The Labute approximate surface area is 74.2 Å². The van der Waals surface area contributed by atoms with Crippen molar-refractivity contribution >= 4 is 5.69 Å². The molecule has 0 aliphatic heterocycles. The molecule has 0 saturated carbocycles. The molecule has 13 heavy (non-hydrogen) atoms. The first-order valence-corrected chi connectivity index (χ1v) is 3.70. The van der Waals surface area contributed by atoms with E-state index < -0.39 is 18.7 Å². The number of pyridine rings is 1. The Morgan fingerprint density at radius 1 is 1.62 bits per heavy atom. The zero-order valence-electron chi connectivity index (χ0n) is 7.09. The molecule has 0 spiro atoms. The van der Waals surface area contributed by atoms with Gasteiger partial charge >= 0.3 is 0 Å². The quantitative estimate of drug-likeness (QED) is 0.737. The van der Waals surface area contributed by atoms with Crippen LogP contribution in [0.1, 0.15) is 23.2 Å². The van der Waals surface area contributed by atoms with Gasteiger partial charge in [-0.1, -0.05) is 0 Å². The smallest absolute Gasteiger partial charge is 0.280 e. The molecular weight excluding hydrogens is 178 g/mol. The molecule has 0 radical (unpaired) electrons. The SMILES string of the molecule is Cc1cnc(C(F)F)c(CO)c1N. The third-order valence-corrected chi connectivity index (χ3v) is 1.82. The van der Waals surface area contributed by atoms with Crippen LogP contribution < -0.4 is 5.73 Å². The maximum Gasteiger partial charge on any atom is 0.280 e.